The van der Waals surface area contributed by atoms with E-state index in [1.807, 2.05) is 4.68 Å². The molecule has 0 bridgehead atoms. The number of hydrogen-bond donors (Lipinski definition) is 0. The molecule has 2 aliphatic rings. The monoisotopic (exact) mass is 440 g/mol. The lowest BCUT2D eigenvalue weighted by Crippen LogP contribution is -2.35. The molecule has 0 radical (unpaired) electrons. The minimum atomic E-state index is -3.95. The molecule has 2 aliphatic heterocycles. The van der Waals surface area contributed by atoms with Crippen LogP contribution in [0.5, 0.6) is 0 Å². The third-order valence-electron chi connectivity index (χ3n) is 5.67. The molecular weight excluding hydrogens is 414 g/mol. The first kappa shape index (κ1) is 21.4. The molecule has 1 saturated heterocycles. The van der Waals surface area contributed by atoms with Crippen molar-refractivity contribution in [1.29, 1.82) is 0 Å². The molecule has 1 aromatic heterocycles. The summed E-state index contributed by atoms with van der Waals surface area (Å²) in [4.78, 5) is 1.83. The molecule has 4 rings (SSSR count). The summed E-state index contributed by atoms with van der Waals surface area (Å²) in [5.74, 6) is -1.80. The van der Waals surface area contributed by atoms with Crippen molar-refractivity contribution < 1.29 is 21.9 Å². The summed E-state index contributed by atoms with van der Waals surface area (Å²) in [5, 5.41) is 4.75. The largest absolute Gasteiger partial charge is 0.376 e. The molecular formula is C20H26F2N4O3S. The van der Waals surface area contributed by atoms with Gasteiger partial charge in [0.05, 0.1) is 23.8 Å². The average Bonchev–Trinajstić information content (AvgIpc) is 2.89. The first-order chi connectivity index (χ1) is 14.4. The second kappa shape index (κ2) is 8.70. The van der Waals surface area contributed by atoms with Crippen LogP contribution in [0.2, 0.25) is 0 Å². The van der Waals surface area contributed by atoms with Crippen molar-refractivity contribution in [3.63, 3.8) is 0 Å². The van der Waals surface area contributed by atoms with Gasteiger partial charge in [0.15, 0.2) is 0 Å². The fraction of sp³-hybridized carbons (Fsp3) is 0.550. The number of aryl methyl sites for hydroxylation is 1. The molecule has 10 heteroatoms. The molecule has 3 heterocycles. The number of ether oxygens (including phenoxy) is 1. The van der Waals surface area contributed by atoms with Gasteiger partial charge in [0.1, 0.15) is 11.6 Å². The Morgan fingerprint density at radius 3 is 2.60 bits per heavy atom. The van der Waals surface area contributed by atoms with E-state index in [9.17, 15) is 17.2 Å². The van der Waals surface area contributed by atoms with E-state index in [0.717, 1.165) is 42.9 Å². The van der Waals surface area contributed by atoms with E-state index in [4.69, 9.17) is 9.84 Å². The van der Waals surface area contributed by atoms with Crippen molar-refractivity contribution in [2.24, 2.45) is 0 Å². The Labute approximate surface area is 175 Å². The Hall–Kier alpha value is -1.88. The second-order valence-corrected chi connectivity index (χ2v) is 9.57. The highest BCUT2D eigenvalue weighted by molar-refractivity contribution is 7.89. The summed E-state index contributed by atoms with van der Waals surface area (Å²) in [5.41, 5.74) is 3.35. The highest BCUT2D eigenvalue weighted by atomic mass is 32.2. The van der Waals surface area contributed by atoms with Crippen LogP contribution in [-0.2, 0) is 40.9 Å². The first-order valence-electron chi connectivity index (χ1n) is 10.2. The Bertz CT molecular complexity index is 1010. The van der Waals surface area contributed by atoms with Gasteiger partial charge in [0, 0.05) is 56.5 Å². The van der Waals surface area contributed by atoms with E-state index in [1.54, 1.807) is 0 Å². The number of rotatable bonds is 5. The highest BCUT2D eigenvalue weighted by Gasteiger charge is 2.29. The van der Waals surface area contributed by atoms with Gasteiger partial charge in [0.2, 0.25) is 10.0 Å². The van der Waals surface area contributed by atoms with Gasteiger partial charge in [-0.25, -0.2) is 17.2 Å². The Morgan fingerprint density at radius 2 is 1.87 bits per heavy atom. The molecule has 30 heavy (non-hydrogen) atoms. The van der Waals surface area contributed by atoms with Crippen LogP contribution in [0.25, 0.3) is 0 Å². The summed E-state index contributed by atoms with van der Waals surface area (Å²) >= 11 is 0. The molecule has 2 aromatic rings. The zero-order valence-electron chi connectivity index (χ0n) is 17.0. The van der Waals surface area contributed by atoms with Crippen LogP contribution in [0.15, 0.2) is 23.1 Å². The van der Waals surface area contributed by atoms with E-state index in [2.05, 4.69) is 11.8 Å². The molecule has 1 aromatic carbocycles. The number of hydrogen-bond acceptors (Lipinski definition) is 5. The third-order valence-corrected chi connectivity index (χ3v) is 7.55. The third kappa shape index (κ3) is 4.27. The normalized spacial score (nSPS) is 18.9. The van der Waals surface area contributed by atoms with E-state index in [1.165, 1.54) is 10.00 Å². The number of halogens is 2. The van der Waals surface area contributed by atoms with Crippen LogP contribution in [-0.4, -0.2) is 60.2 Å². The van der Waals surface area contributed by atoms with Gasteiger partial charge in [-0.1, -0.05) is 0 Å². The number of benzene rings is 1. The lowest BCUT2D eigenvalue weighted by molar-refractivity contribution is 0.107. The number of nitrogens with zero attached hydrogens (tertiary/aromatic N) is 4. The zero-order valence-corrected chi connectivity index (χ0v) is 17.8. The van der Waals surface area contributed by atoms with Crippen molar-refractivity contribution in [3.8, 4) is 0 Å². The SMILES string of the molecule is CCn1nc(CN2CCCN(S(=O)(=O)c3cc(F)cc(F)c3)CC2)c2c1CCOC2. The molecule has 0 spiro atoms. The van der Waals surface area contributed by atoms with Gasteiger partial charge < -0.3 is 4.74 Å². The van der Waals surface area contributed by atoms with Gasteiger partial charge in [-0.3, -0.25) is 9.58 Å². The minimum Gasteiger partial charge on any atom is -0.376 e. The maximum Gasteiger partial charge on any atom is 0.243 e. The molecule has 0 N–H and O–H groups in total. The molecule has 7 nitrogen and oxygen atoms in total. The van der Waals surface area contributed by atoms with Gasteiger partial charge in [0.25, 0.3) is 0 Å². The molecule has 164 valence electrons. The lowest BCUT2D eigenvalue weighted by atomic mass is 10.1. The van der Waals surface area contributed by atoms with E-state index in [0.29, 0.717) is 45.3 Å². The standard InChI is InChI=1S/C20H26F2N4O3S/c1-2-26-20-4-9-29-14-18(20)19(23-26)13-24-5-3-6-25(8-7-24)30(27,28)17-11-15(21)10-16(22)12-17/h10-12H,2-9,13-14H2,1H3. The van der Waals surface area contributed by atoms with Gasteiger partial charge in [-0.2, -0.15) is 9.40 Å². The van der Waals surface area contributed by atoms with Gasteiger partial charge in [-0.15, -0.1) is 0 Å². The second-order valence-electron chi connectivity index (χ2n) is 7.63. The maximum atomic E-state index is 13.5. The topological polar surface area (TPSA) is 67.7 Å². The summed E-state index contributed by atoms with van der Waals surface area (Å²) < 4.78 is 61.8. The number of aromatic nitrogens is 2. The van der Waals surface area contributed by atoms with Crippen LogP contribution in [0, 0.1) is 11.6 Å². The summed E-state index contributed by atoms with van der Waals surface area (Å²) in [7, 11) is -3.95. The minimum absolute atomic E-state index is 0.258. The quantitative estimate of drug-likeness (QED) is 0.713. The van der Waals surface area contributed by atoms with Crippen molar-refractivity contribution >= 4 is 10.0 Å². The van der Waals surface area contributed by atoms with Crippen molar-refractivity contribution in [1.82, 2.24) is 19.0 Å². The molecule has 0 unspecified atom stereocenters. The maximum absolute atomic E-state index is 13.5. The molecule has 0 aliphatic carbocycles. The Morgan fingerprint density at radius 1 is 1.10 bits per heavy atom. The summed E-state index contributed by atoms with van der Waals surface area (Å²) in [6, 6.07) is 2.40. The smallest absolute Gasteiger partial charge is 0.243 e. The lowest BCUT2D eigenvalue weighted by Gasteiger charge is -2.22. The predicted octanol–water partition coefficient (Wildman–Crippen LogP) is 2.15. The van der Waals surface area contributed by atoms with Crippen LogP contribution >= 0.6 is 0 Å². The average molecular weight is 441 g/mol. The van der Waals surface area contributed by atoms with E-state index in [-0.39, 0.29) is 11.4 Å². The summed E-state index contributed by atoms with van der Waals surface area (Å²) in [6.45, 7) is 6.56. The molecule has 0 amide bonds. The van der Waals surface area contributed by atoms with Crippen molar-refractivity contribution in [2.45, 2.75) is 44.4 Å². The van der Waals surface area contributed by atoms with Crippen LogP contribution in [0.1, 0.15) is 30.3 Å². The van der Waals surface area contributed by atoms with Gasteiger partial charge >= 0.3 is 0 Å². The Kier molecular flexibility index (Phi) is 6.19. The molecule has 0 saturated carbocycles. The van der Waals surface area contributed by atoms with E-state index >= 15 is 0 Å². The summed E-state index contributed by atoms with van der Waals surface area (Å²) in [6.07, 6.45) is 1.48. The predicted molar refractivity (Wildman–Crippen MR) is 106 cm³/mol. The first-order valence-corrected chi connectivity index (χ1v) is 11.7. The van der Waals surface area contributed by atoms with E-state index < -0.39 is 21.7 Å². The van der Waals surface area contributed by atoms with Crippen molar-refractivity contribution in [2.75, 3.05) is 32.8 Å². The van der Waals surface area contributed by atoms with Crippen LogP contribution in [0.3, 0.4) is 0 Å². The Balaban J connectivity index is 1.48. The number of sulfonamides is 1. The highest BCUT2D eigenvalue weighted by Crippen LogP contribution is 2.24. The van der Waals surface area contributed by atoms with Crippen molar-refractivity contribution in [3.05, 3.63) is 46.8 Å². The number of fused-ring (bicyclic) bond motifs is 1. The van der Waals surface area contributed by atoms with Crippen LogP contribution in [0.4, 0.5) is 8.78 Å². The van der Waals surface area contributed by atoms with Crippen LogP contribution < -0.4 is 0 Å². The molecule has 1 fully saturated rings. The fourth-order valence-corrected chi connectivity index (χ4v) is 5.66. The van der Waals surface area contributed by atoms with Gasteiger partial charge in [-0.05, 0) is 32.0 Å². The fourth-order valence-electron chi connectivity index (χ4n) is 4.15. The molecule has 0 atom stereocenters. The zero-order chi connectivity index (χ0) is 21.3.